The Morgan fingerprint density at radius 2 is 2.00 bits per heavy atom. The van der Waals surface area contributed by atoms with Gasteiger partial charge in [-0.3, -0.25) is 14.9 Å². The lowest BCUT2D eigenvalue weighted by molar-refractivity contribution is -0.119. The van der Waals surface area contributed by atoms with Gasteiger partial charge in [0.1, 0.15) is 5.69 Å². The first-order chi connectivity index (χ1) is 21.1. The summed E-state index contributed by atoms with van der Waals surface area (Å²) in [5.74, 6) is -1.41. The lowest BCUT2D eigenvalue weighted by Crippen LogP contribution is -2.42. The van der Waals surface area contributed by atoms with Crippen molar-refractivity contribution in [2.45, 2.75) is 39.2 Å². The number of methoxy groups -OCH3 is 1. The number of rotatable bonds is 4. The monoisotopic (exact) mass is 620 g/mol. The van der Waals surface area contributed by atoms with Crippen molar-refractivity contribution < 1.29 is 23.5 Å². The minimum atomic E-state index is -0.619. The van der Waals surface area contributed by atoms with Crippen LogP contribution in [-0.4, -0.2) is 59.3 Å². The van der Waals surface area contributed by atoms with E-state index in [0.29, 0.717) is 48.4 Å². The number of ether oxygens (including phenoxy) is 1. The summed E-state index contributed by atoms with van der Waals surface area (Å²) in [5, 5.41) is 13.1. The van der Waals surface area contributed by atoms with Crippen LogP contribution in [0.2, 0.25) is 5.02 Å². The number of halogens is 2. The molecule has 0 fully saturated rings. The molecular formula is C32H34ClFN6O4. The Morgan fingerprint density at radius 3 is 2.77 bits per heavy atom. The molecule has 2 unspecified atom stereocenters. The van der Waals surface area contributed by atoms with Crippen LogP contribution in [0.4, 0.5) is 20.6 Å². The van der Waals surface area contributed by atoms with Crippen molar-refractivity contribution in [2.24, 2.45) is 5.92 Å². The zero-order valence-electron chi connectivity index (χ0n) is 24.9. The molecule has 3 heterocycles. The number of allylic oxidation sites excluding steroid dienone is 2. The highest BCUT2D eigenvalue weighted by atomic mass is 35.5. The van der Waals surface area contributed by atoms with Crippen LogP contribution in [-0.2, 0) is 9.53 Å². The topological polar surface area (TPSA) is 118 Å². The Bertz CT molecular complexity index is 1680. The minimum Gasteiger partial charge on any atom is -0.453 e. The fourth-order valence-corrected chi connectivity index (χ4v) is 5.62. The molecule has 12 heteroatoms. The lowest BCUT2D eigenvalue weighted by atomic mass is 9.92. The summed E-state index contributed by atoms with van der Waals surface area (Å²) in [7, 11) is 3.24. The molecule has 2 bridgehead atoms. The second-order valence-electron chi connectivity index (χ2n) is 11.0. The van der Waals surface area contributed by atoms with E-state index >= 15 is 0 Å². The van der Waals surface area contributed by atoms with E-state index < -0.39 is 11.9 Å². The molecule has 2 aromatic carbocycles. The number of fused-ring (bicyclic) bond motifs is 3. The predicted octanol–water partition coefficient (Wildman–Crippen LogP) is 5.92. The molecule has 1 aromatic heterocycles. The zero-order chi connectivity index (χ0) is 31.5. The maximum Gasteiger partial charge on any atom is 0.411 e. The molecular weight excluding hydrogens is 587 g/mol. The van der Waals surface area contributed by atoms with E-state index in [1.807, 2.05) is 32.2 Å². The molecule has 0 spiro atoms. The third kappa shape index (κ3) is 6.33. The molecule has 2 atom stereocenters. The highest BCUT2D eigenvalue weighted by Crippen LogP contribution is 2.34. The van der Waals surface area contributed by atoms with Gasteiger partial charge in [0, 0.05) is 36.5 Å². The predicted molar refractivity (Wildman–Crippen MR) is 167 cm³/mol. The van der Waals surface area contributed by atoms with Gasteiger partial charge >= 0.3 is 6.09 Å². The second-order valence-corrected chi connectivity index (χ2v) is 11.4. The van der Waals surface area contributed by atoms with Crippen molar-refractivity contribution in [1.29, 1.82) is 0 Å². The van der Waals surface area contributed by atoms with Crippen LogP contribution in [0.15, 0.2) is 60.4 Å². The van der Waals surface area contributed by atoms with E-state index in [1.54, 1.807) is 31.2 Å². The van der Waals surface area contributed by atoms with E-state index in [4.69, 9.17) is 16.3 Å². The maximum atomic E-state index is 14.7. The van der Waals surface area contributed by atoms with E-state index in [0.717, 1.165) is 16.8 Å². The Morgan fingerprint density at radius 1 is 1.20 bits per heavy atom. The summed E-state index contributed by atoms with van der Waals surface area (Å²) in [5.41, 5.74) is 4.52. The summed E-state index contributed by atoms with van der Waals surface area (Å²) in [6.07, 6.45) is 6.73. The van der Waals surface area contributed by atoms with Crippen LogP contribution in [0.5, 0.6) is 0 Å². The van der Waals surface area contributed by atoms with Gasteiger partial charge in [0.15, 0.2) is 5.82 Å². The highest BCUT2D eigenvalue weighted by molar-refractivity contribution is 6.30. The van der Waals surface area contributed by atoms with Crippen LogP contribution in [0, 0.1) is 18.7 Å². The summed E-state index contributed by atoms with van der Waals surface area (Å²) in [6.45, 7) is 4.14. The number of hydrogen-bond donors (Lipinski definition) is 3. The first-order valence-corrected chi connectivity index (χ1v) is 14.7. The molecule has 0 radical (unpaired) electrons. The fraction of sp³-hybridized carbons (Fsp3) is 0.312. The maximum absolute atomic E-state index is 14.7. The first kappa shape index (κ1) is 30.8. The van der Waals surface area contributed by atoms with Gasteiger partial charge in [-0.05, 0) is 55.7 Å². The van der Waals surface area contributed by atoms with E-state index in [1.165, 1.54) is 24.1 Å². The number of carbonyl (C=O) groups is 3. The first-order valence-electron chi connectivity index (χ1n) is 14.3. The number of likely N-dealkylation sites (N-methyl/N-ethyl adjacent to an activating group) is 1. The Kier molecular flexibility index (Phi) is 9.05. The number of nitrogens with zero attached hydrogens (tertiary/aromatic N) is 3. The number of benzene rings is 2. The number of aromatic nitrogens is 2. The fourth-order valence-electron chi connectivity index (χ4n) is 5.45. The average molecular weight is 621 g/mol. The van der Waals surface area contributed by atoms with Gasteiger partial charge in [-0.2, -0.15) is 5.10 Å². The molecule has 3 aromatic rings. The molecule has 3 amide bonds. The highest BCUT2D eigenvalue weighted by Gasteiger charge is 2.28. The van der Waals surface area contributed by atoms with Gasteiger partial charge in [-0.1, -0.05) is 43.2 Å². The molecule has 5 rings (SSSR count). The summed E-state index contributed by atoms with van der Waals surface area (Å²) in [6, 6.07) is 9.54. The van der Waals surface area contributed by atoms with Crippen molar-refractivity contribution in [3.63, 3.8) is 0 Å². The number of carbonyl (C=O) groups excluding carboxylic acids is 3. The summed E-state index contributed by atoms with van der Waals surface area (Å²) in [4.78, 5) is 40.8. The quantitative estimate of drug-likeness (QED) is 0.333. The van der Waals surface area contributed by atoms with Crippen LogP contribution in [0.1, 0.15) is 47.8 Å². The van der Waals surface area contributed by atoms with E-state index in [2.05, 4.69) is 25.9 Å². The molecule has 10 nitrogen and oxygen atoms in total. The lowest BCUT2D eigenvalue weighted by Gasteiger charge is -2.33. The van der Waals surface area contributed by atoms with Crippen molar-refractivity contribution in [3.05, 3.63) is 88.1 Å². The van der Waals surface area contributed by atoms with Crippen molar-refractivity contribution in [2.75, 3.05) is 31.3 Å². The van der Waals surface area contributed by atoms with Crippen LogP contribution >= 0.6 is 11.6 Å². The SMILES string of the molecule is COC(=O)Nc1ccc2c(c1)NC(=O)C(C)CCCC(NC(=O)c1cnn(-c3cccc(Cl)c3F)c1C)C1=CC2=CCN1C. The van der Waals surface area contributed by atoms with Gasteiger partial charge in [0.25, 0.3) is 5.91 Å². The molecule has 2 aliphatic heterocycles. The molecule has 44 heavy (non-hydrogen) atoms. The smallest absolute Gasteiger partial charge is 0.411 e. The van der Waals surface area contributed by atoms with Gasteiger partial charge in [-0.25, -0.2) is 13.9 Å². The minimum absolute atomic E-state index is 0.0341. The number of hydrogen-bond acceptors (Lipinski definition) is 6. The van der Waals surface area contributed by atoms with Crippen molar-refractivity contribution in [1.82, 2.24) is 20.0 Å². The zero-order valence-corrected chi connectivity index (χ0v) is 25.7. The van der Waals surface area contributed by atoms with E-state index in [-0.39, 0.29) is 34.5 Å². The van der Waals surface area contributed by atoms with Gasteiger partial charge < -0.3 is 20.3 Å². The summed E-state index contributed by atoms with van der Waals surface area (Å²) >= 11 is 5.98. The van der Waals surface area contributed by atoms with E-state index in [9.17, 15) is 18.8 Å². The second kappa shape index (κ2) is 12.9. The molecule has 3 N–H and O–H groups in total. The number of anilines is 2. The van der Waals surface area contributed by atoms with Gasteiger partial charge in [0.2, 0.25) is 5.91 Å². The van der Waals surface area contributed by atoms with Crippen molar-refractivity contribution >= 4 is 46.5 Å². The standard InChI is InChI=1S/C32H34ClFN6O4/c1-18-7-5-9-25(37-31(42)23-17-35-40(19(23)2)27-10-6-8-24(33)29(27)34)28-15-20(13-14-39(28)3)22-12-11-21(36-32(43)44-4)16-26(22)38-30(18)41/h6,8,10-13,15-18,25H,5,7,9,14H2,1-4H3,(H,36,43)(H,37,42)(H,38,41). The van der Waals surface area contributed by atoms with Gasteiger partial charge in [0.05, 0.1) is 41.3 Å². The largest absolute Gasteiger partial charge is 0.453 e. The Balaban J connectivity index is 1.49. The van der Waals surface area contributed by atoms with Crippen LogP contribution in [0.25, 0.3) is 11.3 Å². The molecule has 0 saturated carbocycles. The summed E-state index contributed by atoms with van der Waals surface area (Å²) < 4.78 is 20.8. The van der Waals surface area contributed by atoms with Crippen LogP contribution in [0.3, 0.4) is 0 Å². The van der Waals surface area contributed by atoms with Gasteiger partial charge in [-0.15, -0.1) is 0 Å². The Labute approximate surface area is 259 Å². The Hall–Kier alpha value is -4.64. The molecule has 230 valence electrons. The average Bonchev–Trinajstić information content (AvgIpc) is 3.38. The van der Waals surface area contributed by atoms with Crippen molar-refractivity contribution in [3.8, 4) is 5.69 Å². The molecule has 0 saturated heterocycles. The number of nitrogens with one attached hydrogen (secondary N) is 3. The van der Waals surface area contributed by atoms with Crippen LogP contribution < -0.4 is 16.0 Å². The normalized spacial score (nSPS) is 18.5. The third-order valence-corrected chi connectivity index (χ3v) is 8.30. The number of amides is 3. The molecule has 0 aliphatic carbocycles. The third-order valence-electron chi connectivity index (χ3n) is 8.00. The molecule has 2 aliphatic rings.